The minimum atomic E-state index is -0.134. The highest BCUT2D eigenvalue weighted by Gasteiger charge is 2.04. The number of benzene rings is 1. The van der Waals surface area contributed by atoms with Crippen molar-refractivity contribution in [1.29, 1.82) is 0 Å². The second kappa shape index (κ2) is 2.73. The summed E-state index contributed by atoms with van der Waals surface area (Å²) in [5.74, 6) is -0.134. The fourth-order valence-electron chi connectivity index (χ4n) is 1.30. The molecule has 0 saturated heterocycles. The minimum absolute atomic E-state index is 0.134. The highest BCUT2D eigenvalue weighted by atomic mass is 127. The molecule has 0 amide bonds. The lowest BCUT2D eigenvalue weighted by molar-refractivity contribution is 0.621. The lowest BCUT2D eigenvalue weighted by Crippen LogP contribution is -1.83. The number of aryl methyl sites for hydroxylation is 1. The second-order valence-corrected chi connectivity index (χ2v) is 3.77. The summed E-state index contributed by atoms with van der Waals surface area (Å²) >= 11 is 2.18. The molecule has 0 bridgehead atoms. The zero-order valence-corrected chi connectivity index (χ0v) is 8.67. The third-order valence-corrected chi connectivity index (χ3v) is 2.87. The molecule has 12 heavy (non-hydrogen) atoms. The zero-order valence-electron chi connectivity index (χ0n) is 6.51. The maximum atomic E-state index is 13.0. The number of hydrogen-bond donors (Lipinski definition) is 0. The quantitative estimate of drug-likeness (QED) is 0.650. The van der Waals surface area contributed by atoms with Crippen LogP contribution in [-0.2, 0) is 0 Å². The van der Waals surface area contributed by atoms with Crippen LogP contribution < -0.4 is 0 Å². The Hall–Kier alpha value is -0.580. The van der Waals surface area contributed by atoms with Crippen molar-refractivity contribution < 1.29 is 4.39 Å². The number of fused-ring (bicyclic) bond motifs is 1. The third-order valence-electron chi connectivity index (χ3n) is 2.03. The Labute approximate surface area is 83.7 Å². The van der Waals surface area contributed by atoms with Crippen molar-refractivity contribution >= 4 is 33.8 Å². The van der Waals surface area contributed by atoms with E-state index in [1.54, 1.807) is 13.0 Å². The summed E-state index contributed by atoms with van der Waals surface area (Å²) in [5, 5.41) is 0.990. The van der Waals surface area contributed by atoms with E-state index in [4.69, 9.17) is 0 Å². The van der Waals surface area contributed by atoms with Gasteiger partial charge >= 0.3 is 0 Å². The predicted molar refractivity (Wildman–Crippen MR) is 56.1 cm³/mol. The van der Waals surface area contributed by atoms with Crippen molar-refractivity contribution in [3.63, 3.8) is 0 Å². The summed E-state index contributed by atoms with van der Waals surface area (Å²) in [7, 11) is 0. The Morgan fingerprint density at radius 2 is 2.08 bits per heavy atom. The van der Waals surface area contributed by atoms with Crippen molar-refractivity contribution in [3.05, 3.63) is 35.8 Å². The van der Waals surface area contributed by atoms with Gasteiger partial charge in [0.25, 0.3) is 0 Å². The average molecular weight is 275 g/mol. The molecule has 0 aliphatic heterocycles. The number of rotatable bonds is 0. The standard InChI is InChI=1S/C9H7FIN/c1-6-7-4-5-12(11)9(7)3-2-8(6)10/h2-5H,1H3. The van der Waals surface area contributed by atoms with E-state index in [0.717, 1.165) is 16.5 Å². The molecule has 1 aromatic heterocycles. The Bertz CT molecular complexity index is 433. The Kier molecular flexibility index (Phi) is 1.83. The van der Waals surface area contributed by atoms with Crippen LogP contribution in [-0.4, -0.2) is 2.78 Å². The van der Waals surface area contributed by atoms with Gasteiger partial charge in [0.15, 0.2) is 0 Å². The van der Waals surface area contributed by atoms with Gasteiger partial charge in [-0.3, -0.25) is 2.78 Å². The summed E-state index contributed by atoms with van der Waals surface area (Å²) < 4.78 is 15.0. The van der Waals surface area contributed by atoms with Crippen LogP contribution in [0.25, 0.3) is 10.9 Å². The molecule has 2 rings (SSSR count). The van der Waals surface area contributed by atoms with Gasteiger partial charge in [-0.25, -0.2) is 4.39 Å². The van der Waals surface area contributed by atoms with E-state index < -0.39 is 0 Å². The first-order chi connectivity index (χ1) is 5.70. The van der Waals surface area contributed by atoms with Crippen LogP contribution in [0.5, 0.6) is 0 Å². The molecule has 0 fully saturated rings. The highest BCUT2D eigenvalue weighted by molar-refractivity contribution is 14.1. The summed E-state index contributed by atoms with van der Waals surface area (Å²) in [6, 6.07) is 5.23. The lowest BCUT2D eigenvalue weighted by Gasteiger charge is -1.98. The number of aromatic nitrogens is 1. The van der Waals surface area contributed by atoms with Gasteiger partial charge in [-0.15, -0.1) is 0 Å². The molecule has 0 saturated carbocycles. The lowest BCUT2D eigenvalue weighted by atomic mass is 10.1. The Morgan fingerprint density at radius 1 is 1.33 bits per heavy atom. The largest absolute Gasteiger partial charge is 0.290 e. The molecular formula is C9H7FIN. The van der Waals surface area contributed by atoms with Gasteiger partial charge < -0.3 is 0 Å². The number of nitrogens with zero attached hydrogens (tertiary/aromatic N) is 1. The first-order valence-corrected chi connectivity index (χ1v) is 4.59. The molecule has 3 heteroatoms. The molecular weight excluding hydrogens is 268 g/mol. The first kappa shape index (κ1) is 8.04. The van der Waals surface area contributed by atoms with Gasteiger partial charge in [-0.05, 0) is 30.7 Å². The SMILES string of the molecule is Cc1c(F)ccc2c1ccn2I. The van der Waals surface area contributed by atoms with Crippen LogP contribution in [0.2, 0.25) is 0 Å². The van der Waals surface area contributed by atoms with E-state index in [1.165, 1.54) is 6.07 Å². The fourth-order valence-corrected chi connectivity index (χ4v) is 1.89. The van der Waals surface area contributed by atoms with Crippen LogP contribution in [0.1, 0.15) is 5.56 Å². The zero-order chi connectivity index (χ0) is 8.72. The Balaban J connectivity index is 2.93. The van der Waals surface area contributed by atoms with Crippen LogP contribution in [0.4, 0.5) is 4.39 Å². The van der Waals surface area contributed by atoms with Gasteiger partial charge in [-0.2, -0.15) is 0 Å². The van der Waals surface area contributed by atoms with Gasteiger partial charge in [0.1, 0.15) is 5.82 Å². The predicted octanol–water partition coefficient (Wildman–Crippen LogP) is 3.29. The molecule has 1 nitrogen and oxygen atoms in total. The van der Waals surface area contributed by atoms with Crippen LogP contribution >= 0.6 is 22.9 Å². The van der Waals surface area contributed by atoms with Crippen molar-refractivity contribution in [1.82, 2.24) is 2.78 Å². The Morgan fingerprint density at radius 3 is 2.83 bits per heavy atom. The third kappa shape index (κ3) is 1.03. The molecule has 0 N–H and O–H groups in total. The van der Waals surface area contributed by atoms with E-state index >= 15 is 0 Å². The average Bonchev–Trinajstić information content (AvgIpc) is 2.41. The molecule has 0 unspecified atom stereocenters. The molecule has 1 heterocycles. The van der Waals surface area contributed by atoms with Crippen LogP contribution in [0, 0.1) is 12.7 Å². The van der Waals surface area contributed by atoms with Crippen LogP contribution in [0.3, 0.4) is 0 Å². The molecule has 1 aromatic carbocycles. The minimum Gasteiger partial charge on any atom is -0.290 e. The smallest absolute Gasteiger partial charge is 0.126 e. The monoisotopic (exact) mass is 275 g/mol. The van der Waals surface area contributed by atoms with E-state index in [-0.39, 0.29) is 5.82 Å². The van der Waals surface area contributed by atoms with E-state index in [2.05, 4.69) is 22.9 Å². The fraction of sp³-hybridized carbons (Fsp3) is 0.111. The van der Waals surface area contributed by atoms with Crippen molar-refractivity contribution in [2.75, 3.05) is 0 Å². The van der Waals surface area contributed by atoms with E-state index in [1.807, 2.05) is 15.0 Å². The first-order valence-electron chi connectivity index (χ1n) is 3.62. The highest BCUT2D eigenvalue weighted by Crippen LogP contribution is 2.23. The van der Waals surface area contributed by atoms with Crippen LogP contribution in [0.15, 0.2) is 24.4 Å². The molecule has 0 atom stereocenters. The molecule has 0 spiro atoms. The molecule has 62 valence electrons. The molecule has 0 aliphatic rings. The number of hydrogen-bond acceptors (Lipinski definition) is 0. The van der Waals surface area contributed by atoms with Gasteiger partial charge in [0, 0.05) is 11.6 Å². The summed E-state index contributed by atoms with van der Waals surface area (Å²) in [4.78, 5) is 0. The van der Waals surface area contributed by atoms with E-state index in [9.17, 15) is 4.39 Å². The summed E-state index contributed by atoms with van der Waals surface area (Å²) in [5.41, 5.74) is 1.79. The van der Waals surface area contributed by atoms with Gasteiger partial charge in [0.05, 0.1) is 28.4 Å². The van der Waals surface area contributed by atoms with Crippen molar-refractivity contribution in [3.8, 4) is 0 Å². The maximum Gasteiger partial charge on any atom is 0.126 e. The number of halogens is 2. The van der Waals surface area contributed by atoms with Gasteiger partial charge in [-0.1, -0.05) is 0 Å². The summed E-state index contributed by atoms with van der Waals surface area (Å²) in [6.45, 7) is 1.80. The molecule has 0 radical (unpaired) electrons. The normalized spacial score (nSPS) is 10.9. The topological polar surface area (TPSA) is 4.93 Å². The van der Waals surface area contributed by atoms with E-state index in [0.29, 0.717) is 0 Å². The van der Waals surface area contributed by atoms with Gasteiger partial charge in [0.2, 0.25) is 0 Å². The molecule has 2 aromatic rings. The summed E-state index contributed by atoms with van der Waals surface area (Å²) in [6.07, 6.45) is 1.93. The molecule has 0 aliphatic carbocycles. The second-order valence-electron chi connectivity index (χ2n) is 2.73. The van der Waals surface area contributed by atoms with Crippen molar-refractivity contribution in [2.24, 2.45) is 0 Å². The van der Waals surface area contributed by atoms with Crippen molar-refractivity contribution in [2.45, 2.75) is 6.92 Å². The maximum absolute atomic E-state index is 13.0.